The normalized spacial score (nSPS) is 23.7. The van der Waals surface area contributed by atoms with E-state index in [4.69, 9.17) is 0 Å². The molecule has 8 heteroatoms. The van der Waals surface area contributed by atoms with Gasteiger partial charge in [0.25, 0.3) is 5.91 Å². The van der Waals surface area contributed by atoms with Gasteiger partial charge in [0, 0.05) is 79.6 Å². The molecular weight excluding hydrogens is 731 g/mol. The molecule has 8 nitrogen and oxygen atoms in total. The fourth-order valence-corrected chi connectivity index (χ4v) is 11.0. The molecular formula is C51H57N5O3. The molecule has 4 aromatic carbocycles. The number of aldehydes is 1. The summed E-state index contributed by atoms with van der Waals surface area (Å²) in [5, 5.41) is 16.5. The van der Waals surface area contributed by atoms with E-state index in [1.807, 2.05) is 24.3 Å². The van der Waals surface area contributed by atoms with Gasteiger partial charge in [-0.1, -0.05) is 68.3 Å². The van der Waals surface area contributed by atoms with E-state index in [0.717, 1.165) is 112 Å². The number of nitrogens with one attached hydrogen (secondary N) is 2. The highest BCUT2D eigenvalue weighted by atomic mass is 16.3. The number of nitrogens with zero attached hydrogens (tertiary/aromatic N) is 3. The first-order valence-corrected chi connectivity index (χ1v) is 21.5. The van der Waals surface area contributed by atoms with Crippen molar-refractivity contribution in [3.05, 3.63) is 166 Å². The second-order valence-electron chi connectivity index (χ2n) is 18.0. The molecule has 0 bridgehead atoms. The Hall–Kier alpha value is -5.60. The highest BCUT2D eigenvalue weighted by molar-refractivity contribution is 6.02. The van der Waals surface area contributed by atoms with E-state index in [9.17, 15) is 14.7 Å². The van der Waals surface area contributed by atoms with Crippen molar-refractivity contribution in [1.29, 1.82) is 0 Å². The van der Waals surface area contributed by atoms with Gasteiger partial charge >= 0.3 is 0 Å². The maximum Gasteiger partial charge on any atom is 0.252 e. The molecule has 1 amide bonds. The molecule has 1 spiro atoms. The first-order valence-electron chi connectivity index (χ1n) is 21.5. The Bertz CT molecular complexity index is 2290. The second kappa shape index (κ2) is 15.9. The van der Waals surface area contributed by atoms with Crippen LogP contribution in [0.2, 0.25) is 0 Å². The van der Waals surface area contributed by atoms with Gasteiger partial charge in [-0.15, -0.1) is 0 Å². The Balaban J connectivity index is 0.815. The molecule has 4 heterocycles. The number of carbonyl (C=O) groups excluding carboxylic acids is 2. The minimum absolute atomic E-state index is 0.205. The van der Waals surface area contributed by atoms with Crippen LogP contribution in [0.3, 0.4) is 0 Å². The number of aryl methyl sites for hydroxylation is 1. The molecule has 4 aromatic rings. The Morgan fingerprint density at radius 2 is 1.66 bits per heavy atom. The molecule has 0 aromatic heterocycles. The number of rotatable bonds is 9. The van der Waals surface area contributed by atoms with Crippen molar-refractivity contribution in [1.82, 2.24) is 20.4 Å². The standard InChI is InChI=1S/C51H57N5O3/c1-33-10-19-48(36(4)52-33)53-50(59)47-26-41-30-54(29-40(41)24-42(47)31-57)28-35(3)55-22-20-51(21-23-55)27-34(2)56(32-51)43-14-11-38(12-15-43)49-45(37-8-6-5-7-9-37)17-13-39-25-44(58)16-18-46(39)49/h5-9,11-12,14-16,18,24-26,31,34,45,48-49,52,58H,1,3-4,10,13,17,19-23,27-30,32H2,2H3,(H,53,59). The van der Waals surface area contributed by atoms with Gasteiger partial charge in [-0.3, -0.25) is 14.5 Å². The number of phenols is 1. The monoisotopic (exact) mass is 787 g/mol. The lowest BCUT2D eigenvalue weighted by molar-refractivity contribution is 0.0933. The molecule has 3 N–H and O–H groups in total. The van der Waals surface area contributed by atoms with Gasteiger partial charge in [0.1, 0.15) is 5.75 Å². The summed E-state index contributed by atoms with van der Waals surface area (Å²) in [5.41, 5.74) is 12.7. The van der Waals surface area contributed by atoms with Crippen molar-refractivity contribution in [3.8, 4) is 5.75 Å². The zero-order valence-electron chi connectivity index (χ0n) is 34.4. The highest BCUT2D eigenvalue weighted by Gasteiger charge is 2.44. The minimum Gasteiger partial charge on any atom is -0.508 e. The molecule has 3 saturated heterocycles. The Morgan fingerprint density at radius 1 is 0.915 bits per heavy atom. The quantitative estimate of drug-likeness (QED) is 0.146. The van der Waals surface area contributed by atoms with Crippen molar-refractivity contribution >= 4 is 17.9 Å². The van der Waals surface area contributed by atoms with Crippen molar-refractivity contribution in [2.24, 2.45) is 5.41 Å². The van der Waals surface area contributed by atoms with Gasteiger partial charge in [0.15, 0.2) is 6.29 Å². The Kier molecular flexibility index (Phi) is 10.5. The maximum absolute atomic E-state index is 13.4. The fraction of sp³-hybridized carbons (Fsp3) is 0.373. The number of phenolic OH excluding ortho intramolecular Hbond substituents is 1. The number of carbonyl (C=O) groups is 2. The van der Waals surface area contributed by atoms with Gasteiger partial charge < -0.3 is 25.5 Å². The molecule has 0 radical (unpaired) electrons. The summed E-state index contributed by atoms with van der Waals surface area (Å²) in [4.78, 5) is 33.0. The van der Waals surface area contributed by atoms with Crippen LogP contribution in [0, 0.1) is 5.41 Å². The molecule has 304 valence electrons. The summed E-state index contributed by atoms with van der Waals surface area (Å²) in [6.07, 6.45) is 7.81. The molecule has 4 aliphatic heterocycles. The van der Waals surface area contributed by atoms with Crippen LogP contribution in [0.25, 0.3) is 0 Å². The van der Waals surface area contributed by atoms with E-state index < -0.39 is 0 Å². The van der Waals surface area contributed by atoms with E-state index in [0.29, 0.717) is 28.8 Å². The van der Waals surface area contributed by atoms with Gasteiger partial charge in [-0.05, 0) is 133 Å². The zero-order chi connectivity index (χ0) is 40.8. The lowest BCUT2D eigenvalue weighted by atomic mass is 9.69. The second-order valence-corrected chi connectivity index (χ2v) is 18.0. The van der Waals surface area contributed by atoms with Gasteiger partial charge in [-0.25, -0.2) is 0 Å². The smallest absolute Gasteiger partial charge is 0.252 e. The molecule has 59 heavy (non-hydrogen) atoms. The lowest BCUT2D eigenvalue weighted by Gasteiger charge is -2.41. The number of likely N-dealkylation sites (tertiary alicyclic amines) is 1. The van der Waals surface area contributed by atoms with Gasteiger partial charge in [0.05, 0.1) is 11.6 Å². The molecule has 5 aliphatic rings. The third kappa shape index (κ3) is 7.71. The average molecular weight is 788 g/mol. The molecule has 4 unspecified atom stereocenters. The van der Waals surface area contributed by atoms with E-state index in [1.54, 1.807) is 0 Å². The van der Waals surface area contributed by atoms with Crippen molar-refractivity contribution in [2.75, 3.05) is 31.1 Å². The largest absolute Gasteiger partial charge is 0.508 e. The minimum atomic E-state index is -0.248. The predicted octanol–water partition coefficient (Wildman–Crippen LogP) is 8.79. The number of hydrogen-bond donors (Lipinski definition) is 3. The predicted molar refractivity (Wildman–Crippen MR) is 236 cm³/mol. The number of allylic oxidation sites excluding steroid dienone is 1. The molecule has 0 saturated carbocycles. The molecule has 1 aliphatic carbocycles. The topological polar surface area (TPSA) is 88.2 Å². The number of benzene rings is 4. The first kappa shape index (κ1) is 38.9. The molecule has 9 rings (SSSR count). The SMILES string of the molecule is C=C1CCC(NC(=O)c2cc3c(cc2C=O)CN(CC(=C)N2CCC4(CC2)CC(C)N(c2ccc(C5c6ccc(O)cc6CCC5c5ccccc5)cc2)C4)C3)C(=C)N1. The number of fused-ring (bicyclic) bond motifs is 2. The van der Waals surface area contributed by atoms with Crippen LogP contribution in [0.4, 0.5) is 5.69 Å². The van der Waals surface area contributed by atoms with Crippen LogP contribution in [0.15, 0.2) is 122 Å². The Morgan fingerprint density at radius 3 is 2.39 bits per heavy atom. The number of piperidine rings is 2. The maximum atomic E-state index is 13.4. The van der Waals surface area contributed by atoms with Gasteiger partial charge in [-0.2, -0.15) is 0 Å². The van der Waals surface area contributed by atoms with E-state index >= 15 is 0 Å². The summed E-state index contributed by atoms with van der Waals surface area (Å²) < 4.78 is 0. The van der Waals surface area contributed by atoms with Crippen molar-refractivity contribution < 1.29 is 14.7 Å². The number of aromatic hydroxyl groups is 1. The molecule has 4 atom stereocenters. The average Bonchev–Trinajstić information content (AvgIpc) is 3.79. The summed E-state index contributed by atoms with van der Waals surface area (Å²) in [7, 11) is 0. The number of hydrogen-bond acceptors (Lipinski definition) is 7. The Labute approximate surface area is 349 Å². The van der Waals surface area contributed by atoms with Crippen LogP contribution >= 0.6 is 0 Å². The summed E-state index contributed by atoms with van der Waals surface area (Å²) >= 11 is 0. The summed E-state index contributed by atoms with van der Waals surface area (Å²) in [6, 6.07) is 30.4. The highest BCUT2D eigenvalue weighted by Crippen LogP contribution is 2.49. The zero-order valence-corrected chi connectivity index (χ0v) is 34.4. The van der Waals surface area contributed by atoms with E-state index in [1.165, 1.54) is 34.4 Å². The van der Waals surface area contributed by atoms with Gasteiger partial charge in [0.2, 0.25) is 0 Å². The third-order valence-electron chi connectivity index (χ3n) is 14.2. The number of anilines is 1. The van der Waals surface area contributed by atoms with Crippen LogP contribution in [0.1, 0.15) is 111 Å². The van der Waals surface area contributed by atoms with Crippen LogP contribution in [0.5, 0.6) is 5.75 Å². The van der Waals surface area contributed by atoms with E-state index in [2.05, 4.69) is 113 Å². The lowest BCUT2D eigenvalue weighted by Crippen LogP contribution is -2.42. The van der Waals surface area contributed by atoms with Crippen molar-refractivity contribution in [3.63, 3.8) is 0 Å². The van der Waals surface area contributed by atoms with Crippen LogP contribution < -0.4 is 15.5 Å². The summed E-state index contributed by atoms with van der Waals surface area (Å²) in [6.45, 7) is 20.3. The molecule has 3 fully saturated rings. The number of amides is 1. The van der Waals surface area contributed by atoms with Crippen molar-refractivity contribution in [2.45, 2.75) is 88.9 Å². The van der Waals surface area contributed by atoms with Crippen LogP contribution in [-0.4, -0.2) is 65.4 Å². The first-order chi connectivity index (χ1) is 28.6. The van der Waals surface area contributed by atoms with E-state index in [-0.39, 0.29) is 23.3 Å². The fourth-order valence-electron chi connectivity index (χ4n) is 11.0. The third-order valence-corrected chi connectivity index (χ3v) is 14.2. The van der Waals surface area contributed by atoms with Crippen LogP contribution in [-0.2, 0) is 19.5 Å². The summed E-state index contributed by atoms with van der Waals surface area (Å²) in [5.74, 6) is 0.737.